The number of carbonyl (C=O) groups is 1. The van der Waals surface area contributed by atoms with Gasteiger partial charge in [0.15, 0.2) is 6.61 Å². The molecule has 0 aliphatic carbocycles. The van der Waals surface area contributed by atoms with Crippen molar-refractivity contribution in [1.29, 1.82) is 0 Å². The van der Waals surface area contributed by atoms with E-state index in [1.54, 1.807) is 42.5 Å². The fraction of sp³-hybridized carbons (Fsp3) is 0.435. The van der Waals surface area contributed by atoms with Gasteiger partial charge in [0.05, 0.1) is 31.7 Å². The lowest BCUT2D eigenvalue weighted by molar-refractivity contribution is -0.123. The van der Waals surface area contributed by atoms with Crippen LogP contribution < -0.4 is 14.4 Å². The molecule has 2 aromatic carbocycles. The molecule has 33 heavy (non-hydrogen) atoms. The predicted molar refractivity (Wildman–Crippen MR) is 124 cm³/mol. The Labute approximate surface area is 194 Å². The van der Waals surface area contributed by atoms with Gasteiger partial charge < -0.3 is 14.8 Å². The van der Waals surface area contributed by atoms with Crippen molar-refractivity contribution in [3.05, 3.63) is 59.9 Å². The molecule has 1 heterocycles. The monoisotopic (exact) mass is 479 g/mol. The number of carbonyl (C=O) groups excluding carboxylic acids is 1. The molecule has 8 nitrogen and oxygen atoms in total. The highest BCUT2D eigenvalue weighted by molar-refractivity contribution is 7.92. The molecule has 0 unspecified atom stereocenters. The second kappa shape index (κ2) is 12.0. The zero-order valence-electron chi connectivity index (χ0n) is 18.7. The molecule has 1 saturated heterocycles. The Morgan fingerprint density at radius 2 is 1.85 bits per heavy atom. The van der Waals surface area contributed by atoms with Crippen LogP contribution in [0.1, 0.15) is 12.0 Å². The van der Waals surface area contributed by atoms with Gasteiger partial charge in [-0.25, -0.2) is 12.8 Å². The number of hydrogen-bond donors (Lipinski definition) is 1. The van der Waals surface area contributed by atoms with Gasteiger partial charge in [0.1, 0.15) is 11.6 Å². The van der Waals surface area contributed by atoms with E-state index in [0.29, 0.717) is 18.0 Å². The zero-order chi connectivity index (χ0) is 23.7. The van der Waals surface area contributed by atoms with E-state index in [2.05, 4.69) is 10.2 Å². The smallest absolute Gasteiger partial charge is 0.257 e. The Balaban J connectivity index is 1.47. The van der Waals surface area contributed by atoms with Crippen molar-refractivity contribution < 1.29 is 27.1 Å². The minimum Gasteiger partial charge on any atom is -0.484 e. The number of anilines is 1. The van der Waals surface area contributed by atoms with Crippen LogP contribution in [0.25, 0.3) is 0 Å². The van der Waals surface area contributed by atoms with Gasteiger partial charge in [-0.3, -0.25) is 14.0 Å². The lowest BCUT2D eigenvalue weighted by Gasteiger charge is -2.26. The van der Waals surface area contributed by atoms with Gasteiger partial charge in [0.2, 0.25) is 10.0 Å². The number of nitrogens with zero attached hydrogens (tertiary/aromatic N) is 2. The van der Waals surface area contributed by atoms with E-state index >= 15 is 0 Å². The van der Waals surface area contributed by atoms with Crippen molar-refractivity contribution in [2.45, 2.75) is 13.0 Å². The Bertz CT molecular complexity index is 1010. The third-order valence-corrected chi connectivity index (χ3v) is 6.38. The summed E-state index contributed by atoms with van der Waals surface area (Å²) in [6.45, 7) is 4.57. The summed E-state index contributed by atoms with van der Waals surface area (Å²) in [6.07, 6.45) is 1.92. The summed E-state index contributed by atoms with van der Waals surface area (Å²) in [7, 11) is -3.64. The van der Waals surface area contributed by atoms with E-state index in [-0.39, 0.29) is 24.6 Å². The Morgan fingerprint density at radius 3 is 2.52 bits per heavy atom. The summed E-state index contributed by atoms with van der Waals surface area (Å²) in [5, 5.41) is 2.83. The third kappa shape index (κ3) is 7.99. The quantitative estimate of drug-likeness (QED) is 0.496. The second-order valence-electron chi connectivity index (χ2n) is 7.80. The molecule has 0 saturated carbocycles. The van der Waals surface area contributed by atoms with Crippen LogP contribution in [0.4, 0.5) is 10.1 Å². The van der Waals surface area contributed by atoms with E-state index in [9.17, 15) is 17.6 Å². The molecular formula is C23H30FN3O5S. The van der Waals surface area contributed by atoms with Crippen LogP contribution >= 0.6 is 0 Å². The number of ether oxygens (including phenoxy) is 2. The number of amides is 1. The van der Waals surface area contributed by atoms with Crippen LogP contribution in [0.5, 0.6) is 5.75 Å². The van der Waals surface area contributed by atoms with Crippen LogP contribution in [0.3, 0.4) is 0 Å². The molecule has 0 radical (unpaired) electrons. The van der Waals surface area contributed by atoms with Gasteiger partial charge in [-0.1, -0.05) is 18.2 Å². The highest BCUT2D eigenvalue weighted by atomic mass is 32.2. The standard InChI is InChI=1S/C23H30FN3O5S/c1-33(29,30)27(17-19-5-2-3-6-22(19)24)20-7-9-21(10-8-20)32-18-23(28)25-11-4-12-26-13-15-31-16-14-26/h2-3,5-10H,4,11-18H2,1H3,(H,25,28). The average Bonchev–Trinajstić information content (AvgIpc) is 2.80. The summed E-state index contributed by atoms with van der Waals surface area (Å²) < 4.78 is 50.5. The van der Waals surface area contributed by atoms with E-state index in [0.717, 1.165) is 49.8 Å². The molecule has 2 aromatic rings. The lowest BCUT2D eigenvalue weighted by Crippen LogP contribution is -2.38. The molecule has 10 heteroatoms. The maximum atomic E-state index is 14.0. The van der Waals surface area contributed by atoms with Crippen LogP contribution in [-0.4, -0.2) is 71.5 Å². The third-order valence-electron chi connectivity index (χ3n) is 5.24. The van der Waals surface area contributed by atoms with Gasteiger partial charge in [-0.15, -0.1) is 0 Å². The molecule has 1 fully saturated rings. The average molecular weight is 480 g/mol. The SMILES string of the molecule is CS(=O)(=O)N(Cc1ccccc1F)c1ccc(OCC(=O)NCCCN2CCOCC2)cc1. The van der Waals surface area contributed by atoms with Crippen LogP contribution in [0.2, 0.25) is 0 Å². The van der Waals surface area contributed by atoms with E-state index < -0.39 is 15.8 Å². The summed E-state index contributed by atoms with van der Waals surface area (Å²) >= 11 is 0. The Hall–Kier alpha value is -2.69. The predicted octanol–water partition coefficient (Wildman–Crippen LogP) is 2.01. The van der Waals surface area contributed by atoms with Crippen molar-refractivity contribution in [2.24, 2.45) is 0 Å². The fourth-order valence-corrected chi connectivity index (χ4v) is 4.32. The number of halogens is 1. The summed E-state index contributed by atoms with van der Waals surface area (Å²) in [4.78, 5) is 14.3. The first-order valence-electron chi connectivity index (χ1n) is 10.8. The first kappa shape index (κ1) is 24.9. The fourth-order valence-electron chi connectivity index (χ4n) is 3.45. The number of rotatable bonds is 11. The van der Waals surface area contributed by atoms with Crippen LogP contribution in [0.15, 0.2) is 48.5 Å². The van der Waals surface area contributed by atoms with Gasteiger partial charge in [0, 0.05) is 25.2 Å². The number of benzene rings is 2. The van der Waals surface area contributed by atoms with E-state index in [1.165, 1.54) is 6.07 Å². The number of hydrogen-bond acceptors (Lipinski definition) is 6. The van der Waals surface area contributed by atoms with Crippen LogP contribution in [0, 0.1) is 5.82 Å². The summed E-state index contributed by atoms with van der Waals surface area (Å²) in [5.41, 5.74) is 0.647. The topological polar surface area (TPSA) is 88.2 Å². The van der Waals surface area contributed by atoms with Gasteiger partial charge in [-0.05, 0) is 43.3 Å². The molecule has 1 aliphatic heterocycles. The number of sulfonamides is 1. The first-order chi connectivity index (χ1) is 15.8. The van der Waals surface area contributed by atoms with Gasteiger partial charge in [0.25, 0.3) is 5.91 Å². The summed E-state index contributed by atoms with van der Waals surface area (Å²) in [5.74, 6) is -0.262. The molecule has 1 amide bonds. The van der Waals surface area contributed by atoms with E-state index in [1.807, 2.05) is 0 Å². The van der Waals surface area contributed by atoms with Crippen molar-refractivity contribution >= 4 is 21.6 Å². The highest BCUT2D eigenvalue weighted by Crippen LogP contribution is 2.24. The minimum atomic E-state index is -3.64. The minimum absolute atomic E-state index is 0.126. The molecule has 180 valence electrons. The highest BCUT2D eigenvalue weighted by Gasteiger charge is 2.19. The second-order valence-corrected chi connectivity index (χ2v) is 9.71. The first-order valence-corrected chi connectivity index (χ1v) is 12.7. The van der Waals surface area contributed by atoms with Crippen molar-refractivity contribution in [3.8, 4) is 5.75 Å². The maximum absolute atomic E-state index is 14.0. The molecule has 3 rings (SSSR count). The maximum Gasteiger partial charge on any atom is 0.257 e. The number of morpholine rings is 1. The normalized spacial score (nSPS) is 14.6. The van der Waals surface area contributed by atoms with Crippen molar-refractivity contribution in [2.75, 3.05) is 56.6 Å². The molecule has 0 spiro atoms. The Kier molecular flexibility index (Phi) is 9.04. The number of nitrogens with one attached hydrogen (secondary N) is 1. The molecule has 0 atom stereocenters. The zero-order valence-corrected chi connectivity index (χ0v) is 19.5. The van der Waals surface area contributed by atoms with E-state index in [4.69, 9.17) is 9.47 Å². The van der Waals surface area contributed by atoms with Crippen LogP contribution in [-0.2, 0) is 26.1 Å². The molecular weight excluding hydrogens is 449 g/mol. The Morgan fingerprint density at radius 1 is 1.15 bits per heavy atom. The van der Waals surface area contributed by atoms with Crippen molar-refractivity contribution in [1.82, 2.24) is 10.2 Å². The molecule has 0 bridgehead atoms. The van der Waals surface area contributed by atoms with Gasteiger partial charge >= 0.3 is 0 Å². The lowest BCUT2D eigenvalue weighted by atomic mass is 10.2. The van der Waals surface area contributed by atoms with Crippen molar-refractivity contribution in [3.63, 3.8) is 0 Å². The molecule has 1 aliphatic rings. The molecule has 1 N–H and O–H groups in total. The largest absolute Gasteiger partial charge is 0.484 e. The summed E-state index contributed by atoms with van der Waals surface area (Å²) in [6, 6.07) is 12.3. The molecule has 0 aromatic heterocycles. The van der Waals surface area contributed by atoms with Gasteiger partial charge in [-0.2, -0.15) is 0 Å².